The van der Waals surface area contributed by atoms with E-state index in [0.29, 0.717) is 17.7 Å². The van der Waals surface area contributed by atoms with Gasteiger partial charge in [-0.1, -0.05) is 19.1 Å². The van der Waals surface area contributed by atoms with Crippen LogP contribution in [0.3, 0.4) is 0 Å². The summed E-state index contributed by atoms with van der Waals surface area (Å²) >= 11 is 0. The molecule has 0 aliphatic carbocycles. The average Bonchev–Trinajstić information content (AvgIpc) is 2.14. The molecule has 1 unspecified atom stereocenters. The van der Waals surface area contributed by atoms with E-state index < -0.39 is 0 Å². The molecule has 1 fully saturated rings. The van der Waals surface area contributed by atoms with Crippen molar-refractivity contribution < 1.29 is 5.11 Å². The molecule has 3 nitrogen and oxygen atoms in total. The summed E-state index contributed by atoms with van der Waals surface area (Å²) in [5, 5.41) is 12.7. The summed E-state index contributed by atoms with van der Waals surface area (Å²) in [5.41, 5.74) is 1.21. The average molecular weight is 220 g/mol. The predicted octanol–water partition coefficient (Wildman–Crippen LogP) is 1.40. The van der Waals surface area contributed by atoms with Crippen molar-refractivity contribution in [2.75, 3.05) is 26.7 Å². The molecule has 1 saturated heterocycles. The normalized spacial score (nSPS) is 18.4. The van der Waals surface area contributed by atoms with Crippen LogP contribution in [0.2, 0.25) is 0 Å². The van der Waals surface area contributed by atoms with Crippen LogP contribution in [0.1, 0.15) is 18.4 Å². The zero-order valence-electron chi connectivity index (χ0n) is 9.98. The van der Waals surface area contributed by atoms with Gasteiger partial charge in [0.05, 0.1) is 0 Å². The molecule has 88 valence electrons. The minimum absolute atomic E-state index is 0.359. The molecule has 2 rings (SSSR count). The monoisotopic (exact) mass is 220 g/mol. The third-order valence-electron chi connectivity index (χ3n) is 3.38. The first-order valence-corrected chi connectivity index (χ1v) is 5.86. The number of hydrogen-bond donors (Lipinski definition) is 2. The summed E-state index contributed by atoms with van der Waals surface area (Å²) in [5.74, 6) is 0.815. The maximum atomic E-state index is 9.44. The molecular formula is C13H20N2O. The van der Waals surface area contributed by atoms with Crippen LogP contribution in [0, 0.1) is 0 Å². The molecule has 1 heterocycles. The Hall–Kier alpha value is -1.06. The molecule has 1 aliphatic rings. The van der Waals surface area contributed by atoms with E-state index >= 15 is 0 Å². The van der Waals surface area contributed by atoms with E-state index in [1.807, 2.05) is 12.1 Å². The number of phenolic OH excluding ortho intramolecular Hbond substituents is 1. The van der Waals surface area contributed by atoms with Gasteiger partial charge in [0.1, 0.15) is 5.75 Å². The van der Waals surface area contributed by atoms with Gasteiger partial charge in [0.15, 0.2) is 0 Å². The van der Waals surface area contributed by atoms with Crippen molar-refractivity contribution in [1.82, 2.24) is 10.2 Å². The first-order valence-electron chi connectivity index (χ1n) is 5.86. The smallest absolute Gasteiger partial charge is 0.115 e. The Morgan fingerprint density at radius 3 is 2.81 bits per heavy atom. The van der Waals surface area contributed by atoms with Gasteiger partial charge in [-0.3, -0.25) is 0 Å². The first-order chi connectivity index (χ1) is 7.66. The third kappa shape index (κ3) is 2.54. The van der Waals surface area contributed by atoms with E-state index in [-0.39, 0.29) is 0 Å². The summed E-state index contributed by atoms with van der Waals surface area (Å²) < 4.78 is 0. The number of phenols is 1. The molecule has 1 aromatic carbocycles. The lowest BCUT2D eigenvalue weighted by Crippen LogP contribution is -2.56. The number of rotatable bonds is 4. The zero-order chi connectivity index (χ0) is 11.5. The molecule has 2 N–H and O–H groups in total. The minimum Gasteiger partial charge on any atom is -0.508 e. The Bertz CT molecular complexity index is 350. The molecule has 3 heteroatoms. The lowest BCUT2D eigenvalue weighted by Gasteiger charge is -2.37. The zero-order valence-corrected chi connectivity index (χ0v) is 9.98. The highest BCUT2D eigenvalue weighted by atomic mass is 16.3. The number of hydrogen-bond acceptors (Lipinski definition) is 3. The van der Waals surface area contributed by atoms with Crippen LogP contribution < -0.4 is 5.32 Å². The van der Waals surface area contributed by atoms with Crippen molar-refractivity contribution in [3.63, 3.8) is 0 Å². The number of benzene rings is 1. The molecule has 0 bridgehead atoms. The van der Waals surface area contributed by atoms with Gasteiger partial charge in [-0.2, -0.15) is 0 Å². The third-order valence-corrected chi connectivity index (χ3v) is 3.38. The molecule has 0 amide bonds. The van der Waals surface area contributed by atoms with Gasteiger partial charge < -0.3 is 15.3 Å². The highest BCUT2D eigenvalue weighted by molar-refractivity contribution is 5.29. The minimum atomic E-state index is 0.359. The Morgan fingerprint density at radius 1 is 1.50 bits per heavy atom. The quantitative estimate of drug-likeness (QED) is 0.805. The number of nitrogens with zero attached hydrogens (tertiary/aromatic N) is 1. The van der Waals surface area contributed by atoms with Crippen molar-refractivity contribution in [1.29, 1.82) is 0 Å². The van der Waals surface area contributed by atoms with E-state index in [4.69, 9.17) is 0 Å². The van der Waals surface area contributed by atoms with Gasteiger partial charge in [0.25, 0.3) is 0 Å². The molecule has 0 spiro atoms. The van der Waals surface area contributed by atoms with Gasteiger partial charge in [-0.05, 0) is 30.7 Å². The second-order valence-electron chi connectivity index (χ2n) is 4.75. The van der Waals surface area contributed by atoms with E-state index in [1.165, 1.54) is 5.56 Å². The maximum Gasteiger partial charge on any atom is 0.115 e. The molecule has 1 aliphatic heterocycles. The summed E-state index contributed by atoms with van der Waals surface area (Å²) in [7, 11) is 2.17. The van der Waals surface area contributed by atoms with Crippen molar-refractivity contribution >= 4 is 0 Å². The van der Waals surface area contributed by atoms with E-state index in [9.17, 15) is 5.11 Å². The number of nitrogens with one attached hydrogen (secondary N) is 1. The Labute approximate surface area is 97.1 Å². The first kappa shape index (κ1) is 11.4. The van der Waals surface area contributed by atoms with Crippen molar-refractivity contribution in [3.05, 3.63) is 29.8 Å². The Kier molecular flexibility index (Phi) is 3.46. The number of likely N-dealkylation sites (N-methyl/N-ethyl adjacent to an activating group) is 1. The lowest BCUT2D eigenvalue weighted by atomic mass is 9.99. The van der Waals surface area contributed by atoms with Crippen LogP contribution in [-0.2, 0) is 0 Å². The van der Waals surface area contributed by atoms with Crippen LogP contribution >= 0.6 is 0 Å². The maximum absolute atomic E-state index is 9.44. The van der Waals surface area contributed by atoms with Crippen LogP contribution in [0.4, 0.5) is 0 Å². The fraction of sp³-hybridized carbons (Fsp3) is 0.538. The van der Waals surface area contributed by atoms with Crippen LogP contribution in [0.5, 0.6) is 5.75 Å². The fourth-order valence-corrected chi connectivity index (χ4v) is 2.10. The second kappa shape index (κ2) is 4.85. The summed E-state index contributed by atoms with van der Waals surface area (Å²) in [6.45, 7) is 5.44. The topological polar surface area (TPSA) is 35.5 Å². The molecular weight excluding hydrogens is 200 g/mol. The molecule has 0 radical (unpaired) electrons. The SMILES string of the molecule is CC(CN(C)C1CNC1)c1cccc(O)c1. The molecule has 16 heavy (non-hydrogen) atoms. The highest BCUT2D eigenvalue weighted by Crippen LogP contribution is 2.21. The molecule has 0 saturated carbocycles. The van der Waals surface area contributed by atoms with Crippen molar-refractivity contribution in [2.45, 2.75) is 18.9 Å². The fourth-order valence-electron chi connectivity index (χ4n) is 2.10. The van der Waals surface area contributed by atoms with Gasteiger partial charge in [-0.25, -0.2) is 0 Å². The van der Waals surface area contributed by atoms with Crippen molar-refractivity contribution in [3.8, 4) is 5.75 Å². The Balaban J connectivity index is 1.93. The molecule has 1 atom stereocenters. The van der Waals surface area contributed by atoms with Crippen LogP contribution in [-0.4, -0.2) is 42.7 Å². The highest BCUT2D eigenvalue weighted by Gasteiger charge is 2.22. The summed E-state index contributed by atoms with van der Waals surface area (Å²) in [6.07, 6.45) is 0. The van der Waals surface area contributed by atoms with E-state index in [0.717, 1.165) is 19.6 Å². The summed E-state index contributed by atoms with van der Waals surface area (Å²) in [6, 6.07) is 8.25. The molecule has 0 aromatic heterocycles. The lowest BCUT2D eigenvalue weighted by molar-refractivity contribution is 0.173. The van der Waals surface area contributed by atoms with Crippen molar-refractivity contribution in [2.24, 2.45) is 0 Å². The Morgan fingerprint density at radius 2 is 2.25 bits per heavy atom. The predicted molar refractivity (Wildman–Crippen MR) is 65.8 cm³/mol. The number of aromatic hydroxyl groups is 1. The van der Waals surface area contributed by atoms with E-state index in [1.54, 1.807) is 6.07 Å². The van der Waals surface area contributed by atoms with Gasteiger partial charge in [-0.15, -0.1) is 0 Å². The molecule has 1 aromatic rings. The standard InChI is InChI=1S/C13H20N2O/c1-10(9-15(2)12-7-14-8-12)11-4-3-5-13(16)6-11/h3-6,10,12,14,16H,7-9H2,1-2H3. The van der Waals surface area contributed by atoms with Crippen LogP contribution in [0.25, 0.3) is 0 Å². The second-order valence-corrected chi connectivity index (χ2v) is 4.75. The summed E-state index contributed by atoms with van der Waals surface area (Å²) in [4.78, 5) is 2.39. The van der Waals surface area contributed by atoms with Gasteiger partial charge in [0, 0.05) is 25.7 Å². The van der Waals surface area contributed by atoms with Crippen LogP contribution in [0.15, 0.2) is 24.3 Å². The largest absolute Gasteiger partial charge is 0.508 e. The van der Waals surface area contributed by atoms with Gasteiger partial charge in [0.2, 0.25) is 0 Å². The van der Waals surface area contributed by atoms with E-state index in [2.05, 4.69) is 30.3 Å². The van der Waals surface area contributed by atoms with Gasteiger partial charge >= 0.3 is 0 Å².